The van der Waals surface area contributed by atoms with Crippen molar-refractivity contribution in [2.75, 3.05) is 38.8 Å². The Morgan fingerprint density at radius 1 is 1.15 bits per heavy atom. The van der Waals surface area contributed by atoms with Crippen molar-refractivity contribution in [1.29, 1.82) is 0 Å². The molecule has 7 nitrogen and oxygen atoms in total. The average molecular weight is 485 g/mol. The molecule has 1 N–H and O–H groups in total. The van der Waals surface area contributed by atoms with Gasteiger partial charge in [0.25, 0.3) is 0 Å². The third-order valence-corrected chi connectivity index (χ3v) is 6.77. The first-order chi connectivity index (χ1) is 16.6. The van der Waals surface area contributed by atoms with E-state index in [9.17, 15) is 9.18 Å². The maximum atomic E-state index is 13.1. The molecule has 34 heavy (non-hydrogen) atoms. The van der Waals surface area contributed by atoms with Crippen LogP contribution < -0.4 is 19.7 Å². The van der Waals surface area contributed by atoms with Crippen molar-refractivity contribution in [3.8, 4) is 11.5 Å². The highest BCUT2D eigenvalue weighted by molar-refractivity contribution is 7.09. The summed E-state index contributed by atoms with van der Waals surface area (Å²) in [5.74, 6) is 1.83. The number of ether oxygens (including phenoxy) is 2. The van der Waals surface area contributed by atoms with E-state index in [4.69, 9.17) is 9.47 Å². The standard InChI is InChI=1S/C25H29FN4O3S/c1-32-21-10-7-18(14-22(21)33-2)11-12-27-24(31)19-4-3-13-30(16-19)25-28-23(29-34-25)15-17-5-8-20(26)9-6-17/h5-10,14,19H,3-4,11-13,15-16H2,1-2H3,(H,27,31). The lowest BCUT2D eigenvalue weighted by molar-refractivity contribution is -0.125. The predicted octanol–water partition coefficient (Wildman–Crippen LogP) is 3.86. The Labute approximate surface area is 203 Å². The number of amides is 1. The van der Waals surface area contributed by atoms with Crippen LogP contribution in [0.2, 0.25) is 0 Å². The molecule has 1 aliphatic rings. The Morgan fingerprint density at radius 2 is 1.91 bits per heavy atom. The topological polar surface area (TPSA) is 76.6 Å². The Bertz CT molecular complexity index is 1110. The number of rotatable bonds is 9. The van der Waals surface area contributed by atoms with Crippen molar-refractivity contribution < 1.29 is 18.7 Å². The van der Waals surface area contributed by atoms with E-state index in [-0.39, 0.29) is 17.6 Å². The van der Waals surface area contributed by atoms with E-state index in [1.165, 1.54) is 23.7 Å². The van der Waals surface area contributed by atoms with Crippen LogP contribution in [0.15, 0.2) is 42.5 Å². The van der Waals surface area contributed by atoms with Crippen LogP contribution in [-0.2, 0) is 17.6 Å². The summed E-state index contributed by atoms with van der Waals surface area (Å²) >= 11 is 1.35. The lowest BCUT2D eigenvalue weighted by atomic mass is 9.97. The van der Waals surface area contributed by atoms with Crippen LogP contribution in [0.1, 0.15) is 29.8 Å². The monoisotopic (exact) mass is 484 g/mol. The molecule has 1 aliphatic heterocycles. The van der Waals surface area contributed by atoms with Gasteiger partial charge in [0.05, 0.1) is 20.1 Å². The fourth-order valence-corrected chi connectivity index (χ4v) is 4.83. The van der Waals surface area contributed by atoms with Crippen LogP contribution in [0.4, 0.5) is 9.52 Å². The van der Waals surface area contributed by atoms with Crippen molar-refractivity contribution >= 4 is 22.6 Å². The Kier molecular flexibility index (Phi) is 7.95. The van der Waals surface area contributed by atoms with Gasteiger partial charge in [-0.05, 0) is 54.7 Å². The van der Waals surface area contributed by atoms with Crippen LogP contribution >= 0.6 is 11.5 Å². The highest BCUT2D eigenvalue weighted by Crippen LogP contribution is 2.28. The molecule has 2 heterocycles. The van der Waals surface area contributed by atoms with E-state index in [0.29, 0.717) is 43.3 Å². The van der Waals surface area contributed by atoms with Crippen LogP contribution in [-0.4, -0.2) is 49.1 Å². The zero-order valence-electron chi connectivity index (χ0n) is 19.4. The molecule has 2 aromatic carbocycles. The summed E-state index contributed by atoms with van der Waals surface area (Å²) in [6.45, 7) is 2.05. The lowest BCUT2D eigenvalue weighted by Gasteiger charge is -2.31. The van der Waals surface area contributed by atoms with E-state index in [2.05, 4.69) is 19.6 Å². The van der Waals surface area contributed by atoms with Gasteiger partial charge in [0, 0.05) is 37.6 Å². The van der Waals surface area contributed by atoms with Crippen LogP contribution in [0, 0.1) is 11.7 Å². The van der Waals surface area contributed by atoms with Crippen LogP contribution in [0.5, 0.6) is 11.5 Å². The molecule has 180 valence electrons. The fraction of sp³-hybridized carbons (Fsp3) is 0.400. The van der Waals surface area contributed by atoms with Crippen molar-refractivity contribution in [2.45, 2.75) is 25.7 Å². The maximum Gasteiger partial charge on any atom is 0.224 e. The van der Waals surface area contributed by atoms with Crippen molar-refractivity contribution in [3.63, 3.8) is 0 Å². The number of carbonyl (C=O) groups is 1. The molecule has 0 aliphatic carbocycles. The van der Waals surface area contributed by atoms with E-state index in [0.717, 1.165) is 35.6 Å². The molecule has 3 aromatic rings. The zero-order valence-corrected chi connectivity index (χ0v) is 20.2. The number of halogens is 1. The van der Waals surface area contributed by atoms with Crippen molar-refractivity contribution in [3.05, 3.63) is 65.2 Å². The number of carbonyl (C=O) groups excluding carboxylic acids is 1. The molecule has 0 spiro atoms. The minimum absolute atomic E-state index is 0.0706. The summed E-state index contributed by atoms with van der Waals surface area (Å²) in [6, 6.07) is 12.2. The van der Waals surface area contributed by atoms with Crippen molar-refractivity contribution in [2.24, 2.45) is 5.92 Å². The third kappa shape index (κ3) is 6.02. The summed E-state index contributed by atoms with van der Waals surface area (Å²) in [6.07, 6.45) is 3.07. The second kappa shape index (κ2) is 11.3. The summed E-state index contributed by atoms with van der Waals surface area (Å²) < 4.78 is 28.2. The van der Waals surface area contributed by atoms with E-state index in [1.807, 2.05) is 18.2 Å². The molecule has 0 radical (unpaired) electrons. The largest absolute Gasteiger partial charge is 0.493 e. The summed E-state index contributed by atoms with van der Waals surface area (Å²) in [5.41, 5.74) is 2.04. The van der Waals surface area contributed by atoms with Gasteiger partial charge in [-0.3, -0.25) is 4.79 Å². The first kappa shape index (κ1) is 23.9. The molecule has 9 heteroatoms. The second-order valence-electron chi connectivity index (χ2n) is 8.31. The smallest absolute Gasteiger partial charge is 0.224 e. The van der Waals surface area contributed by atoms with Gasteiger partial charge >= 0.3 is 0 Å². The molecule has 0 bridgehead atoms. The minimum Gasteiger partial charge on any atom is -0.493 e. The predicted molar refractivity (Wildman–Crippen MR) is 130 cm³/mol. The van der Waals surface area contributed by atoms with Gasteiger partial charge in [-0.25, -0.2) is 9.37 Å². The Morgan fingerprint density at radius 3 is 2.68 bits per heavy atom. The van der Waals surface area contributed by atoms with E-state index in [1.54, 1.807) is 26.4 Å². The van der Waals surface area contributed by atoms with Gasteiger partial charge < -0.3 is 19.7 Å². The number of methoxy groups -OCH3 is 2. The first-order valence-corrected chi connectivity index (χ1v) is 12.1. The van der Waals surface area contributed by atoms with Crippen LogP contribution in [0.25, 0.3) is 0 Å². The van der Waals surface area contributed by atoms with Gasteiger partial charge in [0.1, 0.15) is 11.6 Å². The summed E-state index contributed by atoms with van der Waals surface area (Å²) in [4.78, 5) is 19.6. The van der Waals surface area contributed by atoms with Gasteiger partial charge in [0.2, 0.25) is 11.0 Å². The molecule has 1 fully saturated rings. The lowest BCUT2D eigenvalue weighted by Crippen LogP contribution is -2.43. The number of hydrogen-bond donors (Lipinski definition) is 1. The minimum atomic E-state index is -0.253. The fourth-order valence-electron chi connectivity index (χ4n) is 4.11. The molecular weight excluding hydrogens is 455 g/mol. The van der Waals surface area contributed by atoms with Gasteiger partial charge in [0.15, 0.2) is 11.5 Å². The molecule has 1 saturated heterocycles. The van der Waals surface area contributed by atoms with Crippen molar-refractivity contribution in [1.82, 2.24) is 14.7 Å². The number of anilines is 1. The van der Waals surface area contributed by atoms with Gasteiger partial charge in [-0.15, -0.1) is 0 Å². The van der Waals surface area contributed by atoms with Crippen LogP contribution in [0.3, 0.4) is 0 Å². The molecular formula is C25H29FN4O3S. The number of piperidine rings is 1. The van der Waals surface area contributed by atoms with E-state index < -0.39 is 0 Å². The highest BCUT2D eigenvalue weighted by Gasteiger charge is 2.27. The molecule has 0 saturated carbocycles. The molecule has 1 aromatic heterocycles. The second-order valence-corrected chi connectivity index (χ2v) is 9.04. The molecule has 1 amide bonds. The van der Waals surface area contributed by atoms with Gasteiger partial charge in [-0.2, -0.15) is 4.37 Å². The number of aromatic nitrogens is 2. The van der Waals surface area contributed by atoms with E-state index >= 15 is 0 Å². The number of nitrogens with one attached hydrogen (secondary N) is 1. The van der Waals surface area contributed by atoms with Gasteiger partial charge in [-0.1, -0.05) is 18.2 Å². The molecule has 4 rings (SSSR count). The Balaban J connectivity index is 1.28. The zero-order chi connectivity index (χ0) is 23.9. The summed E-state index contributed by atoms with van der Waals surface area (Å²) in [5, 5.41) is 3.91. The third-order valence-electron chi connectivity index (χ3n) is 5.96. The maximum absolute atomic E-state index is 13.1. The number of benzene rings is 2. The Hall–Kier alpha value is -3.20. The quantitative estimate of drug-likeness (QED) is 0.497. The number of hydrogen-bond acceptors (Lipinski definition) is 7. The highest BCUT2D eigenvalue weighted by atomic mass is 32.1. The first-order valence-electron chi connectivity index (χ1n) is 11.4. The average Bonchev–Trinajstić information content (AvgIpc) is 3.34. The summed E-state index contributed by atoms with van der Waals surface area (Å²) in [7, 11) is 3.22. The number of nitrogens with zero attached hydrogens (tertiary/aromatic N) is 3. The SMILES string of the molecule is COc1ccc(CCNC(=O)C2CCCN(c3nc(Cc4ccc(F)cc4)ns3)C2)cc1OC. The molecule has 1 unspecified atom stereocenters. The normalized spacial score (nSPS) is 15.7. The molecule has 1 atom stereocenters.